The van der Waals surface area contributed by atoms with E-state index < -0.39 is 37.3 Å². The zero-order valence-electron chi connectivity index (χ0n) is 13.6. The second kappa shape index (κ2) is 8.05. The number of rotatable bonds is 5. The molecule has 0 bridgehead atoms. The average molecular weight is 346 g/mol. The van der Waals surface area contributed by atoms with Crippen LogP contribution in [0.4, 0.5) is 0 Å². The van der Waals surface area contributed by atoms with E-state index >= 15 is 0 Å². The zero-order chi connectivity index (χ0) is 17.8. The maximum Gasteiger partial charge on any atom is 0.187 e. The lowest BCUT2D eigenvalue weighted by atomic mass is 9.99. The van der Waals surface area contributed by atoms with Crippen molar-refractivity contribution in [3.05, 3.63) is 60.2 Å². The lowest BCUT2D eigenvalue weighted by Gasteiger charge is -2.39. The van der Waals surface area contributed by atoms with Crippen molar-refractivity contribution in [2.75, 3.05) is 6.61 Å². The van der Waals surface area contributed by atoms with Crippen LogP contribution in [0, 0.1) is 0 Å². The molecule has 0 aromatic heterocycles. The third kappa shape index (κ3) is 4.07. The Hall–Kier alpha value is -1.80. The second-order valence-electron chi connectivity index (χ2n) is 6.07. The van der Waals surface area contributed by atoms with Crippen LogP contribution in [-0.4, -0.2) is 57.7 Å². The van der Waals surface area contributed by atoms with Crippen LogP contribution >= 0.6 is 0 Å². The van der Waals surface area contributed by atoms with Crippen LogP contribution in [-0.2, 0) is 16.1 Å². The Bertz CT molecular complexity index is 675. The number of benzene rings is 2. The molecule has 5 atom stereocenters. The first kappa shape index (κ1) is 18.0. The first-order valence-corrected chi connectivity index (χ1v) is 8.16. The van der Waals surface area contributed by atoms with Gasteiger partial charge < -0.3 is 29.9 Å². The highest BCUT2D eigenvalue weighted by atomic mass is 16.7. The Balaban J connectivity index is 1.67. The van der Waals surface area contributed by atoms with Gasteiger partial charge in [0.1, 0.15) is 24.4 Å². The highest BCUT2D eigenvalue weighted by Crippen LogP contribution is 2.24. The van der Waals surface area contributed by atoms with Gasteiger partial charge in [-0.2, -0.15) is 0 Å². The molecule has 6 nitrogen and oxygen atoms in total. The van der Waals surface area contributed by atoms with E-state index in [-0.39, 0.29) is 6.61 Å². The summed E-state index contributed by atoms with van der Waals surface area (Å²) in [7, 11) is 0. The van der Waals surface area contributed by atoms with Crippen LogP contribution in [0.3, 0.4) is 0 Å². The maximum absolute atomic E-state index is 9.99. The molecule has 0 amide bonds. The van der Waals surface area contributed by atoms with Gasteiger partial charge in [-0.05, 0) is 22.8 Å². The smallest absolute Gasteiger partial charge is 0.187 e. The van der Waals surface area contributed by atoms with E-state index in [0.717, 1.165) is 16.7 Å². The molecule has 0 aliphatic carbocycles. The SMILES string of the molecule is OC[C@H]1O[C@H](OCc2cccc(-c3ccccc3)c2)[C@@H](O)[C@@H](O)[C@@H]1O. The third-order valence-electron chi connectivity index (χ3n) is 4.30. The molecule has 1 aliphatic rings. The van der Waals surface area contributed by atoms with E-state index in [9.17, 15) is 20.4 Å². The first-order chi connectivity index (χ1) is 12.1. The van der Waals surface area contributed by atoms with Gasteiger partial charge in [0, 0.05) is 0 Å². The number of ether oxygens (including phenoxy) is 2. The van der Waals surface area contributed by atoms with Crippen LogP contribution in [0.1, 0.15) is 5.56 Å². The van der Waals surface area contributed by atoms with Crippen molar-refractivity contribution in [3.63, 3.8) is 0 Å². The van der Waals surface area contributed by atoms with Crippen LogP contribution in [0.5, 0.6) is 0 Å². The fourth-order valence-corrected chi connectivity index (χ4v) is 2.85. The summed E-state index contributed by atoms with van der Waals surface area (Å²) < 4.78 is 10.9. The van der Waals surface area contributed by atoms with Gasteiger partial charge in [-0.1, -0.05) is 48.5 Å². The molecule has 25 heavy (non-hydrogen) atoms. The molecule has 2 aromatic carbocycles. The summed E-state index contributed by atoms with van der Waals surface area (Å²) in [6, 6.07) is 17.7. The molecule has 0 spiro atoms. The highest BCUT2D eigenvalue weighted by Gasteiger charge is 2.43. The van der Waals surface area contributed by atoms with Crippen LogP contribution in [0.2, 0.25) is 0 Å². The van der Waals surface area contributed by atoms with E-state index in [0.29, 0.717) is 0 Å². The zero-order valence-corrected chi connectivity index (χ0v) is 13.6. The molecule has 1 heterocycles. The molecule has 3 rings (SSSR count). The quantitative estimate of drug-likeness (QED) is 0.635. The maximum atomic E-state index is 9.99. The van der Waals surface area contributed by atoms with Gasteiger partial charge in [-0.25, -0.2) is 0 Å². The van der Waals surface area contributed by atoms with Gasteiger partial charge in [0.05, 0.1) is 13.2 Å². The number of hydrogen-bond donors (Lipinski definition) is 4. The lowest BCUT2D eigenvalue weighted by molar-refractivity contribution is -0.304. The highest BCUT2D eigenvalue weighted by molar-refractivity contribution is 5.63. The van der Waals surface area contributed by atoms with Gasteiger partial charge in [0.25, 0.3) is 0 Å². The average Bonchev–Trinajstić information content (AvgIpc) is 2.66. The van der Waals surface area contributed by atoms with Crippen LogP contribution < -0.4 is 0 Å². The Kier molecular flexibility index (Phi) is 5.80. The largest absolute Gasteiger partial charge is 0.394 e. The minimum absolute atomic E-state index is 0.156. The minimum atomic E-state index is -1.44. The third-order valence-corrected chi connectivity index (χ3v) is 4.30. The van der Waals surface area contributed by atoms with Crippen molar-refractivity contribution < 1.29 is 29.9 Å². The molecule has 6 heteroatoms. The van der Waals surface area contributed by atoms with E-state index in [1.807, 2.05) is 54.6 Å². The molecule has 0 saturated carbocycles. The standard InChI is InChI=1S/C19H22O6/c20-10-15-16(21)17(22)18(23)19(25-15)24-11-12-5-4-8-14(9-12)13-6-2-1-3-7-13/h1-9,15-23H,10-11H2/t15-,16-,17+,18+,19+/m1/s1. The van der Waals surface area contributed by atoms with Crippen molar-refractivity contribution >= 4 is 0 Å². The Morgan fingerprint density at radius 2 is 1.56 bits per heavy atom. The normalized spacial score (nSPS) is 29.5. The molecule has 134 valence electrons. The summed E-state index contributed by atoms with van der Waals surface area (Å²) in [5.74, 6) is 0. The molecular formula is C19H22O6. The number of aliphatic hydroxyl groups excluding tert-OH is 4. The molecule has 0 unspecified atom stereocenters. The Morgan fingerprint density at radius 1 is 0.840 bits per heavy atom. The van der Waals surface area contributed by atoms with Crippen molar-refractivity contribution in [3.8, 4) is 11.1 Å². The molecular weight excluding hydrogens is 324 g/mol. The number of hydrogen-bond acceptors (Lipinski definition) is 6. The van der Waals surface area contributed by atoms with Crippen molar-refractivity contribution in [1.29, 1.82) is 0 Å². The lowest BCUT2D eigenvalue weighted by Crippen LogP contribution is -2.59. The minimum Gasteiger partial charge on any atom is -0.394 e. The van der Waals surface area contributed by atoms with Crippen LogP contribution in [0.25, 0.3) is 11.1 Å². The molecule has 1 aliphatic heterocycles. The predicted octanol–water partition coefficient (Wildman–Crippen LogP) is 0.670. The predicted molar refractivity (Wildman–Crippen MR) is 90.4 cm³/mol. The monoisotopic (exact) mass is 346 g/mol. The molecule has 4 N–H and O–H groups in total. The molecule has 1 saturated heterocycles. The summed E-state index contributed by atoms with van der Waals surface area (Å²) in [6.07, 6.45) is -6.32. The van der Waals surface area contributed by atoms with Gasteiger partial charge in [-0.3, -0.25) is 0 Å². The summed E-state index contributed by atoms with van der Waals surface area (Å²) in [5, 5.41) is 38.7. The summed E-state index contributed by atoms with van der Waals surface area (Å²) in [5.41, 5.74) is 2.99. The van der Waals surface area contributed by atoms with Gasteiger partial charge in [0.15, 0.2) is 6.29 Å². The fourth-order valence-electron chi connectivity index (χ4n) is 2.85. The Morgan fingerprint density at radius 3 is 2.28 bits per heavy atom. The van der Waals surface area contributed by atoms with E-state index in [1.54, 1.807) is 0 Å². The van der Waals surface area contributed by atoms with Crippen molar-refractivity contribution in [2.45, 2.75) is 37.3 Å². The Labute approximate surface area is 145 Å². The molecule has 2 aromatic rings. The van der Waals surface area contributed by atoms with Gasteiger partial charge >= 0.3 is 0 Å². The molecule has 1 fully saturated rings. The van der Waals surface area contributed by atoms with E-state index in [1.165, 1.54) is 0 Å². The van der Waals surface area contributed by atoms with E-state index in [2.05, 4.69) is 0 Å². The van der Waals surface area contributed by atoms with Gasteiger partial charge in [-0.15, -0.1) is 0 Å². The fraction of sp³-hybridized carbons (Fsp3) is 0.368. The summed E-state index contributed by atoms with van der Waals surface area (Å²) >= 11 is 0. The second-order valence-corrected chi connectivity index (χ2v) is 6.07. The topological polar surface area (TPSA) is 99.4 Å². The first-order valence-electron chi connectivity index (χ1n) is 8.16. The van der Waals surface area contributed by atoms with E-state index in [4.69, 9.17) is 9.47 Å². The van der Waals surface area contributed by atoms with Crippen molar-refractivity contribution in [2.24, 2.45) is 0 Å². The van der Waals surface area contributed by atoms with Gasteiger partial charge in [0.2, 0.25) is 0 Å². The number of aliphatic hydroxyl groups is 4. The summed E-state index contributed by atoms with van der Waals surface area (Å²) in [6.45, 7) is -0.322. The molecule has 0 radical (unpaired) electrons. The van der Waals surface area contributed by atoms with Crippen LogP contribution in [0.15, 0.2) is 54.6 Å². The summed E-state index contributed by atoms with van der Waals surface area (Å²) in [4.78, 5) is 0. The van der Waals surface area contributed by atoms with Crippen molar-refractivity contribution in [1.82, 2.24) is 0 Å².